The Labute approximate surface area is 190 Å². The zero-order valence-electron chi connectivity index (χ0n) is 17.4. The highest BCUT2D eigenvalue weighted by Gasteiger charge is 2.20. The molecule has 2 aromatic carbocycles. The molecule has 2 heterocycles. The van der Waals surface area contributed by atoms with Crippen LogP contribution in [0.4, 0.5) is 11.4 Å². The lowest BCUT2D eigenvalue weighted by Gasteiger charge is -2.12. The number of fused-ring (bicyclic) bond motifs is 1. The number of nitrogens with zero attached hydrogens (tertiary/aromatic N) is 2. The van der Waals surface area contributed by atoms with Gasteiger partial charge < -0.3 is 10.4 Å². The van der Waals surface area contributed by atoms with Crippen LogP contribution in [0.3, 0.4) is 0 Å². The summed E-state index contributed by atoms with van der Waals surface area (Å²) in [5.41, 5.74) is 2.29. The maximum atomic E-state index is 13.3. The van der Waals surface area contributed by atoms with Crippen molar-refractivity contribution in [2.75, 3.05) is 17.1 Å². The Morgan fingerprint density at radius 1 is 0.939 bits per heavy atom. The second-order valence-electron chi connectivity index (χ2n) is 6.90. The number of carboxylic acid groups (broad SMARTS) is 1. The minimum absolute atomic E-state index is 0.0494. The highest BCUT2D eigenvalue weighted by molar-refractivity contribution is 7.93. The summed E-state index contributed by atoms with van der Waals surface area (Å²) in [5, 5.41) is 12.7. The van der Waals surface area contributed by atoms with E-state index in [1.807, 2.05) is 0 Å². The normalized spacial score (nSPS) is 10.8. The van der Waals surface area contributed by atoms with E-state index in [0.717, 1.165) is 5.69 Å². The van der Waals surface area contributed by atoms with E-state index in [1.54, 1.807) is 55.7 Å². The predicted octanol–water partition coefficient (Wildman–Crippen LogP) is 3.57. The number of nitrogens with one attached hydrogen (secondary N) is 2. The van der Waals surface area contributed by atoms with Gasteiger partial charge in [-0.15, -0.1) is 0 Å². The fraction of sp³-hybridized carbons (Fsp3) is 0.0417. The molecule has 0 unspecified atom stereocenters. The number of rotatable bonds is 5. The number of pyridine rings is 2. The summed E-state index contributed by atoms with van der Waals surface area (Å²) in [6.07, 6.45) is 2.90. The van der Waals surface area contributed by atoms with Crippen LogP contribution < -0.4 is 10.0 Å². The van der Waals surface area contributed by atoms with Crippen molar-refractivity contribution in [1.29, 1.82) is 0 Å². The lowest BCUT2D eigenvalue weighted by molar-refractivity contribution is 0.0690. The lowest BCUT2D eigenvalue weighted by atomic mass is 10.1. The number of para-hydroxylation sites is 2. The summed E-state index contributed by atoms with van der Waals surface area (Å²) in [4.78, 5) is 19.1. The topological polar surface area (TPSA) is 121 Å². The summed E-state index contributed by atoms with van der Waals surface area (Å²) in [6.45, 7) is 0. The molecule has 0 aliphatic heterocycles. The fourth-order valence-corrected chi connectivity index (χ4v) is 4.45. The van der Waals surface area contributed by atoms with E-state index < -0.39 is 16.0 Å². The SMILES string of the molecule is CNc1ccnc2c(S(=O)(=O)Nc3ccccc3C#Cc3ccc(C(=O)O)nc3)cccc12. The van der Waals surface area contributed by atoms with E-state index in [0.29, 0.717) is 27.7 Å². The molecule has 9 heteroatoms. The van der Waals surface area contributed by atoms with Crippen molar-refractivity contribution < 1.29 is 18.3 Å². The highest BCUT2D eigenvalue weighted by Crippen LogP contribution is 2.28. The summed E-state index contributed by atoms with van der Waals surface area (Å²) in [5.74, 6) is 4.67. The molecule has 3 N–H and O–H groups in total. The van der Waals surface area contributed by atoms with Gasteiger partial charge in [0.2, 0.25) is 0 Å². The van der Waals surface area contributed by atoms with Crippen molar-refractivity contribution in [3.8, 4) is 11.8 Å². The summed E-state index contributed by atoms with van der Waals surface area (Å²) in [6, 6.07) is 16.4. The summed E-state index contributed by atoms with van der Waals surface area (Å²) in [7, 11) is -2.21. The van der Waals surface area contributed by atoms with Gasteiger partial charge in [0.05, 0.1) is 11.2 Å². The van der Waals surface area contributed by atoms with Gasteiger partial charge in [-0.2, -0.15) is 0 Å². The molecule has 0 aliphatic carbocycles. The molecule has 0 aliphatic rings. The predicted molar refractivity (Wildman–Crippen MR) is 126 cm³/mol. The molecule has 8 nitrogen and oxygen atoms in total. The van der Waals surface area contributed by atoms with Gasteiger partial charge in [0.25, 0.3) is 10.0 Å². The third-order valence-electron chi connectivity index (χ3n) is 4.79. The van der Waals surface area contributed by atoms with Crippen LogP contribution in [0.15, 0.2) is 78.0 Å². The number of aromatic nitrogens is 2. The van der Waals surface area contributed by atoms with Gasteiger partial charge in [-0.25, -0.2) is 18.2 Å². The Morgan fingerprint density at radius 3 is 2.48 bits per heavy atom. The molecule has 4 rings (SSSR count). The van der Waals surface area contributed by atoms with Gasteiger partial charge in [-0.05, 0) is 36.4 Å². The smallest absolute Gasteiger partial charge is 0.354 e. The first-order valence-corrected chi connectivity index (χ1v) is 11.3. The summed E-state index contributed by atoms with van der Waals surface area (Å²) >= 11 is 0. The van der Waals surface area contributed by atoms with Gasteiger partial charge in [-0.3, -0.25) is 9.71 Å². The van der Waals surface area contributed by atoms with Crippen LogP contribution in [0, 0.1) is 11.8 Å². The molecule has 0 saturated carbocycles. The first-order chi connectivity index (χ1) is 15.9. The molecule has 0 atom stereocenters. The van der Waals surface area contributed by atoms with Crippen LogP contribution >= 0.6 is 0 Å². The number of hydrogen-bond donors (Lipinski definition) is 3. The van der Waals surface area contributed by atoms with Crippen LogP contribution in [0.1, 0.15) is 21.6 Å². The van der Waals surface area contributed by atoms with Crippen LogP contribution in [0.25, 0.3) is 10.9 Å². The van der Waals surface area contributed by atoms with E-state index in [1.165, 1.54) is 24.4 Å². The Hall–Kier alpha value is -4.42. The van der Waals surface area contributed by atoms with Crippen LogP contribution in [-0.4, -0.2) is 36.5 Å². The van der Waals surface area contributed by atoms with E-state index in [9.17, 15) is 13.2 Å². The third-order valence-corrected chi connectivity index (χ3v) is 6.19. The van der Waals surface area contributed by atoms with E-state index >= 15 is 0 Å². The van der Waals surface area contributed by atoms with Crippen LogP contribution in [0.5, 0.6) is 0 Å². The Kier molecular flexibility index (Phi) is 5.93. The number of anilines is 2. The quantitative estimate of drug-likeness (QED) is 0.391. The van der Waals surface area contributed by atoms with Gasteiger partial charge in [-0.1, -0.05) is 36.1 Å². The molecule has 0 spiro atoms. The summed E-state index contributed by atoms with van der Waals surface area (Å²) < 4.78 is 29.1. The van der Waals surface area contributed by atoms with E-state index in [4.69, 9.17) is 5.11 Å². The van der Waals surface area contributed by atoms with Crippen LogP contribution in [-0.2, 0) is 10.0 Å². The first-order valence-electron chi connectivity index (χ1n) is 9.78. The number of sulfonamides is 1. The van der Waals surface area contributed by atoms with E-state index in [-0.39, 0.29) is 10.6 Å². The lowest BCUT2D eigenvalue weighted by Crippen LogP contribution is -2.14. The fourth-order valence-electron chi connectivity index (χ4n) is 3.20. The molecule has 0 amide bonds. The molecule has 0 fully saturated rings. The molecule has 2 aromatic heterocycles. The monoisotopic (exact) mass is 458 g/mol. The number of aromatic carboxylic acids is 1. The number of benzene rings is 2. The van der Waals surface area contributed by atoms with Crippen LogP contribution in [0.2, 0.25) is 0 Å². The Morgan fingerprint density at radius 2 is 1.76 bits per heavy atom. The van der Waals surface area contributed by atoms with Crippen molar-refractivity contribution in [2.24, 2.45) is 0 Å². The largest absolute Gasteiger partial charge is 0.477 e. The maximum Gasteiger partial charge on any atom is 0.354 e. The second kappa shape index (κ2) is 8.98. The number of hydrogen-bond acceptors (Lipinski definition) is 6. The van der Waals surface area contributed by atoms with Crippen molar-refractivity contribution in [3.63, 3.8) is 0 Å². The first kappa shape index (κ1) is 21.8. The minimum atomic E-state index is -3.97. The van der Waals surface area contributed by atoms with Crippen molar-refractivity contribution in [1.82, 2.24) is 9.97 Å². The van der Waals surface area contributed by atoms with Gasteiger partial charge in [0.1, 0.15) is 10.6 Å². The van der Waals surface area contributed by atoms with E-state index in [2.05, 4.69) is 31.8 Å². The standard InChI is InChI=1S/C24H18N4O4S/c1-25-20-13-14-26-23-18(20)6-4-8-22(23)33(31,32)28-19-7-3-2-5-17(19)11-9-16-10-12-21(24(29)30)27-15-16/h2-8,10,12-15,28H,1H3,(H,25,26)(H,29,30). The molecular formula is C24H18N4O4S. The number of carboxylic acids is 1. The average Bonchev–Trinajstić information content (AvgIpc) is 2.82. The third kappa shape index (κ3) is 4.61. The molecule has 4 aromatic rings. The van der Waals surface area contributed by atoms with Gasteiger partial charge in [0.15, 0.2) is 0 Å². The molecular weight excluding hydrogens is 440 g/mol. The van der Waals surface area contributed by atoms with Crippen molar-refractivity contribution in [2.45, 2.75) is 4.90 Å². The van der Waals surface area contributed by atoms with Gasteiger partial charge >= 0.3 is 5.97 Å². The zero-order valence-corrected chi connectivity index (χ0v) is 18.2. The highest BCUT2D eigenvalue weighted by atomic mass is 32.2. The minimum Gasteiger partial charge on any atom is -0.477 e. The van der Waals surface area contributed by atoms with Crippen molar-refractivity contribution in [3.05, 3.63) is 89.9 Å². The Bertz CT molecular complexity index is 1520. The molecule has 0 bridgehead atoms. The molecule has 33 heavy (non-hydrogen) atoms. The second-order valence-corrected chi connectivity index (χ2v) is 8.55. The Balaban J connectivity index is 1.69. The zero-order chi connectivity index (χ0) is 23.4. The van der Waals surface area contributed by atoms with Crippen molar-refractivity contribution >= 4 is 38.3 Å². The van der Waals surface area contributed by atoms with Gasteiger partial charge in [0, 0.05) is 41.6 Å². The molecule has 0 saturated heterocycles. The maximum absolute atomic E-state index is 13.3. The molecule has 0 radical (unpaired) electrons. The average molecular weight is 458 g/mol. The number of carbonyl (C=O) groups is 1. The molecule has 164 valence electrons.